The summed E-state index contributed by atoms with van der Waals surface area (Å²) in [5.41, 5.74) is 8.31. The molecule has 0 N–H and O–H groups in total. The number of para-hydroxylation sites is 2. The van der Waals surface area contributed by atoms with Crippen LogP contribution in [0.4, 0.5) is 0 Å². The number of hydrogen-bond acceptors (Lipinski definition) is 2. The predicted molar refractivity (Wildman–Crippen MR) is 290 cm³/mol. The summed E-state index contributed by atoms with van der Waals surface area (Å²) in [6, 6.07) is 79.3. The average molecular weight is 867 g/mol. The molecule has 67 heavy (non-hydrogen) atoms. The fourth-order valence-electron chi connectivity index (χ4n) is 11.8. The van der Waals surface area contributed by atoms with Crippen molar-refractivity contribution in [1.29, 1.82) is 0 Å². The Hall–Kier alpha value is -8.37. The minimum atomic E-state index is 0.975. The quantitative estimate of drug-likeness (QED) is 0.128. The zero-order valence-electron chi connectivity index (χ0n) is 36.5. The van der Waals surface area contributed by atoms with Gasteiger partial charge in [0, 0.05) is 30.9 Å². The lowest BCUT2D eigenvalue weighted by Gasteiger charge is -2.22. The highest BCUT2D eigenvalue weighted by molar-refractivity contribution is 7.25. The van der Waals surface area contributed by atoms with Gasteiger partial charge in [0.25, 0.3) is 0 Å². The number of hydrogen-bond donors (Lipinski definition) is 0. The summed E-state index contributed by atoms with van der Waals surface area (Å²) >= 11 is 1.90. The molecular weight excluding hydrogens is 829 g/mol. The van der Waals surface area contributed by atoms with E-state index in [9.17, 15) is 0 Å². The van der Waals surface area contributed by atoms with Crippen LogP contribution >= 0.6 is 11.3 Å². The molecule has 0 amide bonds. The van der Waals surface area contributed by atoms with Crippen molar-refractivity contribution in [2.75, 3.05) is 0 Å². The average Bonchev–Trinajstić information content (AvgIpc) is 3.91. The molecule has 2 heterocycles. The summed E-state index contributed by atoms with van der Waals surface area (Å²) in [6.07, 6.45) is 0. The first-order valence-corrected chi connectivity index (χ1v) is 23.9. The van der Waals surface area contributed by atoms with Crippen molar-refractivity contribution < 1.29 is 0 Å². The van der Waals surface area contributed by atoms with Crippen molar-refractivity contribution in [2.45, 2.75) is 6.92 Å². The molecule has 0 fully saturated rings. The lowest BCUT2D eigenvalue weighted by atomic mass is 9.82. The van der Waals surface area contributed by atoms with Crippen LogP contribution < -0.4 is 0 Å². The van der Waals surface area contributed by atoms with Gasteiger partial charge in [-0.15, -0.1) is 11.3 Å². The highest BCUT2D eigenvalue weighted by Crippen LogP contribution is 2.51. The number of aryl methyl sites for hydroxylation is 1. The third-order valence-electron chi connectivity index (χ3n) is 14.6. The van der Waals surface area contributed by atoms with Gasteiger partial charge in [0.2, 0.25) is 0 Å². The molecule has 0 unspecified atom stereocenters. The number of rotatable bonds is 3. The van der Waals surface area contributed by atoms with E-state index in [1.807, 2.05) is 11.3 Å². The maximum atomic E-state index is 5.05. The smallest absolute Gasteiger partial charge is 0.111 e. The summed E-state index contributed by atoms with van der Waals surface area (Å²) < 4.78 is 4.98. The number of imidazole rings is 1. The van der Waals surface area contributed by atoms with Crippen LogP contribution in [0.5, 0.6) is 0 Å². The third-order valence-corrected chi connectivity index (χ3v) is 15.8. The molecule has 15 aromatic rings. The van der Waals surface area contributed by atoms with E-state index in [0.29, 0.717) is 0 Å². The second kappa shape index (κ2) is 13.8. The van der Waals surface area contributed by atoms with Crippen LogP contribution in [-0.4, -0.2) is 9.55 Å². The SMILES string of the molecule is Cc1nc2ccccc2n1-c1c2ccccc2c(-c2c3ccccc3c(-c3ccc4sc5cc6c7ccccc7c7cc8ccccc8cc7c6cc5c4c3)c3ccccc23)c2ccccc12. The molecule has 0 atom stereocenters. The Morgan fingerprint density at radius 1 is 0.328 bits per heavy atom. The molecule has 0 aliphatic carbocycles. The standard InChI is InChI=1S/C64H38N2S/c1-37-65-57-28-14-15-29-58(57)66(37)64-49-26-12-10-24-47(49)63(48-25-11-13-27-50(48)64)62-45-22-8-6-20-43(45)61(44-21-7-9-23-46(44)62)40-30-31-59-55(34-40)56-35-53-52-33-39-17-3-2-16-38(39)32-51(52)41-18-4-5-19-42(41)54(53)36-60(56)67-59/h2-36H,1H3. The van der Waals surface area contributed by atoms with Crippen LogP contribution in [0, 0.1) is 6.92 Å². The molecule has 0 radical (unpaired) electrons. The first-order chi connectivity index (χ1) is 33.2. The number of aromatic nitrogens is 2. The highest BCUT2D eigenvalue weighted by Gasteiger charge is 2.24. The summed E-state index contributed by atoms with van der Waals surface area (Å²) in [5, 5.41) is 22.8. The topological polar surface area (TPSA) is 17.8 Å². The maximum absolute atomic E-state index is 5.05. The second-order valence-electron chi connectivity index (χ2n) is 18.1. The van der Waals surface area contributed by atoms with E-state index in [-0.39, 0.29) is 0 Å². The Morgan fingerprint density at radius 2 is 0.761 bits per heavy atom. The van der Waals surface area contributed by atoms with E-state index in [1.165, 1.54) is 134 Å². The molecule has 0 bridgehead atoms. The molecule has 15 rings (SSSR count). The number of fused-ring (bicyclic) bond motifs is 15. The van der Waals surface area contributed by atoms with Gasteiger partial charge in [-0.05, 0) is 153 Å². The molecule has 0 aliphatic heterocycles. The second-order valence-corrected chi connectivity index (χ2v) is 19.2. The summed E-state index contributed by atoms with van der Waals surface area (Å²) in [4.78, 5) is 5.05. The molecule has 2 aromatic heterocycles. The zero-order valence-corrected chi connectivity index (χ0v) is 37.3. The summed E-state index contributed by atoms with van der Waals surface area (Å²) in [5.74, 6) is 0.975. The van der Waals surface area contributed by atoms with Gasteiger partial charge in [-0.2, -0.15) is 0 Å². The number of nitrogens with zero attached hydrogens (tertiary/aromatic N) is 2. The van der Waals surface area contributed by atoms with E-state index in [0.717, 1.165) is 16.9 Å². The maximum Gasteiger partial charge on any atom is 0.111 e. The Bertz CT molecular complexity index is 4530. The summed E-state index contributed by atoms with van der Waals surface area (Å²) in [7, 11) is 0. The summed E-state index contributed by atoms with van der Waals surface area (Å²) in [6.45, 7) is 2.13. The van der Waals surface area contributed by atoms with Gasteiger partial charge in [-0.3, -0.25) is 4.57 Å². The van der Waals surface area contributed by atoms with Crippen LogP contribution in [0.25, 0.3) is 145 Å². The molecule has 310 valence electrons. The van der Waals surface area contributed by atoms with Crippen molar-refractivity contribution in [1.82, 2.24) is 9.55 Å². The van der Waals surface area contributed by atoms with Crippen molar-refractivity contribution >= 4 is 129 Å². The Kier molecular flexibility index (Phi) is 7.62. The fourth-order valence-corrected chi connectivity index (χ4v) is 12.9. The van der Waals surface area contributed by atoms with Gasteiger partial charge in [0.05, 0.1) is 16.7 Å². The normalized spacial score (nSPS) is 12.3. The van der Waals surface area contributed by atoms with Gasteiger partial charge in [0.15, 0.2) is 0 Å². The fraction of sp³-hybridized carbons (Fsp3) is 0.0156. The Labute approximate surface area is 389 Å². The Balaban J connectivity index is 1.01. The minimum Gasteiger partial charge on any atom is -0.295 e. The predicted octanol–water partition coefficient (Wildman–Crippen LogP) is 18.3. The molecule has 0 saturated carbocycles. The largest absolute Gasteiger partial charge is 0.295 e. The molecular formula is C64H38N2S. The molecule has 13 aromatic carbocycles. The van der Waals surface area contributed by atoms with Crippen LogP contribution in [0.3, 0.4) is 0 Å². The monoisotopic (exact) mass is 866 g/mol. The van der Waals surface area contributed by atoms with Gasteiger partial charge < -0.3 is 0 Å². The van der Waals surface area contributed by atoms with Gasteiger partial charge in [0.1, 0.15) is 5.82 Å². The molecule has 0 spiro atoms. The highest BCUT2D eigenvalue weighted by atomic mass is 32.1. The van der Waals surface area contributed by atoms with Gasteiger partial charge >= 0.3 is 0 Å². The first kappa shape index (κ1) is 36.9. The van der Waals surface area contributed by atoms with E-state index < -0.39 is 0 Å². The molecule has 3 heteroatoms. The molecule has 0 aliphatic rings. The molecule has 2 nitrogen and oxygen atoms in total. The first-order valence-electron chi connectivity index (χ1n) is 23.1. The van der Waals surface area contributed by atoms with Crippen molar-refractivity contribution in [2.24, 2.45) is 0 Å². The van der Waals surface area contributed by atoms with Crippen LogP contribution in [0.2, 0.25) is 0 Å². The van der Waals surface area contributed by atoms with E-state index in [1.54, 1.807) is 0 Å². The van der Waals surface area contributed by atoms with Gasteiger partial charge in [-0.25, -0.2) is 4.98 Å². The number of benzene rings is 13. The van der Waals surface area contributed by atoms with Crippen molar-refractivity contribution in [3.63, 3.8) is 0 Å². The Morgan fingerprint density at radius 3 is 1.36 bits per heavy atom. The van der Waals surface area contributed by atoms with Gasteiger partial charge in [-0.1, -0.05) is 164 Å². The third kappa shape index (κ3) is 5.18. The van der Waals surface area contributed by atoms with Crippen LogP contribution in [0.1, 0.15) is 5.82 Å². The van der Waals surface area contributed by atoms with E-state index >= 15 is 0 Å². The van der Waals surface area contributed by atoms with Crippen LogP contribution in [0.15, 0.2) is 212 Å². The van der Waals surface area contributed by atoms with E-state index in [2.05, 4.69) is 224 Å². The van der Waals surface area contributed by atoms with Crippen LogP contribution in [-0.2, 0) is 0 Å². The lowest BCUT2D eigenvalue weighted by Crippen LogP contribution is -2.01. The van der Waals surface area contributed by atoms with E-state index in [4.69, 9.17) is 4.98 Å². The van der Waals surface area contributed by atoms with Crippen molar-refractivity contribution in [3.8, 4) is 27.9 Å². The minimum absolute atomic E-state index is 0.975. The zero-order chi connectivity index (χ0) is 43.9. The van der Waals surface area contributed by atoms with Crippen molar-refractivity contribution in [3.05, 3.63) is 218 Å². The lowest BCUT2D eigenvalue weighted by molar-refractivity contribution is 1.02. The molecule has 0 saturated heterocycles. The number of thiophene rings is 1.